The molecule has 0 amide bonds. The fraction of sp³-hybridized carbons (Fsp3) is 0.833. The summed E-state index contributed by atoms with van der Waals surface area (Å²) < 4.78 is 0. The van der Waals surface area contributed by atoms with Crippen LogP contribution in [0.5, 0.6) is 0 Å². The summed E-state index contributed by atoms with van der Waals surface area (Å²) in [6.45, 7) is 3.56. The van der Waals surface area contributed by atoms with E-state index in [-0.39, 0.29) is 18.8 Å². The normalized spacial score (nSPS) is 9.10. The molecule has 10 heavy (non-hydrogen) atoms. The highest BCUT2D eigenvalue weighted by atomic mass is 35.5. The molecule has 4 heteroatoms. The zero-order valence-electron chi connectivity index (χ0n) is 6.33. The van der Waals surface area contributed by atoms with Gasteiger partial charge in [0.15, 0.2) is 0 Å². The van der Waals surface area contributed by atoms with Gasteiger partial charge < -0.3 is 10.0 Å². The Labute approximate surface area is 67.4 Å². The van der Waals surface area contributed by atoms with Gasteiger partial charge in [0.1, 0.15) is 0 Å². The van der Waals surface area contributed by atoms with Crippen LogP contribution < -0.4 is 0 Å². The lowest BCUT2D eigenvalue weighted by molar-refractivity contribution is -0.137. The van der Waals surface area contributed by atoms with Gasteiger partial charge >= 0.3 is 5.97 Å². The molecule has 0 aromatic heterocycles. The Balaban J connectivity index is 0. The summed E-state index contributed by atoms with van der Waals surface area (Å²) in [7, 11) is 1.91. The second kappa shape index (κ2) is 6.83. The fourth-order valence-corrected chi connectivity index (χ4v) is 0.445. The number of rotatable bonds is 4. The molecule has 0 unspecified atom stereocenters. The molecule has 62 valence electrons. The second-order valence-electron chi connectivity index (χ2n) is 2.04. The zero-order chi connectivity index (χ0) is 7.28. The minimum absolute atomic E-state index is 0. The maximum atomic E-state index is 9.99. The van der Waals surface area contributed by atoms with Crippen LogP contribution in [0.1, 0.15) is 13.3 Å². The molecule has 0 rings (SSSR count). The van der Waals surface area contributed by atoms with E-state index in [4.69, 9.17) is 5.11 Å². The van der Waals surface area contributed by atoms with Crippen LogP contribution in [-0.2, 0) is 4.79 Å². The van der Waals surface area contributed by atoms with E-state index < -0.39 is 5.97 Å². The third-order valence-corrected chi connectivity index (χ3v) is 1.25. The van der Waals surface area contributed by atoms with Crippen molar-refractivity contribution in [2.45, 2.75) is 13.3 Å². The summed E-state index contributed by atoms with van der Waals surface area (Å²) in [4.78, 5) is 12.0. The van der Waals surface area contributed by atoms with Crippen molar-refractivity contribution in [3.63, 3.8) is 0 Å². The summed E-state index contributed by atoms with van der Waals surface area (Å²) in [5.41, 5.74) is 0. The molecule has 0 aromatic rings. The van der Waals surface area contributed by atoms with Crippen LogP contribution in [0, 0.1) is 0 Å². The molecule has 0 bridgehead atoms. The van der Waals surface area contributed by atoms with Crippen LogP contribution in [0.3, 0.4) is 0 Å². The third-order valence-electron chi connectivity index (χ3n) is 1.25. The number of hydrogen-bond donors (Lipinski definition) is 1. The topological polar surface area (TPSA) is 40.5 Å². The van der Waals surface area contributed by atoms with Crippen molar-refractivity contribution in [2.75, 3.05) is 20.1 Å². The van der Waals surface area contributed by atoms with Crippen molar-refractivity contribution in [1.29, 1.82) is 0 Å². The van der Waals surface area contributed by atoms with Gasteiger partial charge in [0.05, 0.1) is 6.42 Å². The number of halogens is 1. The van der Waals surface area contributed by atoms with Gasteiger partial charge in [-0.1, -0.05) is 6.92 Å². The number of carbonyl (C=O) groups is 1. The standard InChI is InChI=1S/C6H13NO2.ClH/c1-3-7(2)5-4-6(8)9;/h3-5H2,1-2H3,(H,8,9);1H. The predicted molar refractivity (Wildman–Crippen MR) is 42.7 cm³/mol. The Morgan fingerprint density at radius 3 is 2.40 bits per heavy atom. The monoisotopic (exact) mass is 167 g/mol. The molecule has 3 nitrogen and oxygen atoms in total. The molecule has 0 fully saturated rings. The van der Waals surface area contributed by atoms with Crippen LogP contribution in [-0.4, -0.2) is 36.1 Å². The van der Waals surface area contributed by atoms with Crippen LogP contribution in [0.15, 0.2) is 0 Å². The van der Waals surface area contributed by atoms with Crippen molar-refractivity contribution in [1.82, 2.24) is 4.90 Å². The molecule has 0 saturated carbocycles. The molecule has 0 spiro atoms. The summed E-state index contributed by atoms with van der Waals surface area (Å²) in [5.74, 6) is -0.727. The van der Waals surface area contributed by atoms with Crippen molar-refractivity contribution >= 4 is 18.4 Å². The van der Waals surface area contributed by atoms with E-state index in [2.05, 4.69) is 0 Å². The number of hydrogen-bond acceptors (Lipinski definition) is 2. The number of aliphatic carboxylic acids is 1. The van der Waals surface area contributed by atoms with Gasteiger partial charge in [-0.05, 0) is 13.6 Å². The van der Waals surface area contributed by atoms with E-state index in [1.807, 2.05) is 18.9 Å². The lowest BCUT2D eigenvalue weighted by Gasteiger charge is -2.10. The molecule has 1 N–H and O–H groups in total. The number of carboxylic acid groups (broad SMARTS) is 1. The van der Waals surface area contributed by atoms with Gasteiger partial charge in [-0.2, -0.15) is 0 Å². The van der Waals surface area contributed by atoms with Gasteiger partial charge in [0.2, 0.25) is 0 Å². The zero-order valence-corrected chi connectivity index (χ0v) is 7.15. The van der Waals surface area contributed by atoms with E-state index in [1.165, 1.54) is 0 Å². The highest BCUT2D eigenvalue weighted by Gasteiger charge is 1.98. The fourth-order valence-electron chi connectivity index (χ4n) is 0.445. The quantitative estimate of drug-likeness (QED) is 0.675. The Hall–Kier alpha value is -0.280. The molecule has 0 radical (unpaired) electrons. The molecular weight excluding hydrogens is 154 g/mol. The number of nitrogens with zero attached hydrogens (tertiary/aromatic N) is 1. The third kappa shape index (κ3) is 7.72. The van der Waals surface area contributed by atoms with Gasteiger partial charge in [0, 0.05) is 6.54 Å². The minimum Gasteiger partial charge on any atom is -0.481 e. The van der Waals surface area contributed by atoms with E-state index in [9.17, 15) is 4.79 Å². The molecule has 0 aliphatic rings. The first-order valence-electron chi connectivity index (χ1n) is 3.07. The summed E-state index contributed by atoms with van der Waals surface area (Å²) in [5, 5.41) is 8.23. The summed E-state index contributed by atoms with van der Waals surface area (Å²) in [6, 6.07) is 0. The molecule has 0 saturated heterocycles. The first-order valence-corrected chi connectivity index (χ1v) is 3.07. The Kier molecular flexibility index (Phi) is 8.48. The van der Waals surface area contributed by atoms with Crippen LogP contribution in [0.25, 0.3) is 0 Å². The second-order valence-corrected chi connectivity index (χ2v) is 2.04. The van der Waals surface area contributed by atoms with Crippen molar-refractivity contribution < 1.29 is 9.90 Å². The lowest BCUT2D eigenvalue weighted by Crippen LogP contribution is -2.20. The Morgan fingerprint density at radius 1 is 1.60 bits per heavy atom. The molecule has 0 heterocycles. The Bertz CT molecular complexity index is 97.7. The van der Waals surface area contributed by atoms with Gasteiger partial charge in [-0.25, -0.2) is 0 Å². The average molecular weight is 168 g/mol. The molecule has 0 aromatic carbocycles. The van der Waals surface area contributed by atoms with E-state index >= 15 is 0 Å². The lowest BCUT2D eigenvalue weighted by atomic mass is 10.4. The van der Waals surface area contributed by atoms with Gasteiger partial charge in [-0.15, -0.1) is 12.4 Å². The van der Waals surface area contributed by atoms with E-state index in [0.29, 0.717) is 6.54 Å². The molecular formula is C6H14ClNO2. The highest BCUT2D eigenvalue weighted by Crippen LogP contribution is 1.84. The van der Waals surface area contributed by atoms with Crippen LogP contribution in [0.4, 0.5) is 0 Å². The Morgan fingerprint density at radius 2 is 2.10 bits per heavy atom. The van der Waals surface area contributed by atoms with Gasteiger partial charge in [-0.3, -0.25) is 4.79 Å². The molecule has 0 atom stereocenters. The van der Waals surface area contributed by atoms with Crippen LogP contribution >= 0.6 is 12.4 Å². The minimum atomic E-state index is -0.727. The van der Waals surface area contributed by atoms with Gasteiger partial charge in [0.25, 0.3) is 0 Å². The maximum Gasteiger partial charge on any atom is 0.304 e. The first-order chi connectivity index (χ1) is 4.16. The molecule has 0 aliphatic carbocycles. The van der Waals surface area contributed by atoms with E-state index in [1.54, 1.807) is 0 Å². The SMILES string of the molecule is CCN(C)CCC(=O)O.Cl. The average Bonchev–Trinajstić information content (AvgIpc) is 1.83. The smallest absolute Gasteiger partial charge is 0.304 e. The first kappa shape index (κ1) is 12.4. The highest BCUT2D eigenvalue weighted by molar-refractivity contribution is 5.85. The predicted octanol–water partition coefficient (Wildman–Crippen LogP) is 0.835. The van der Waals surface area contributed by atoms with Crippen molar-refractivity contribution in [2.24, 2.45) is 0 Å². The summed E-state index contributed by atoms with van der Waals surface area (Å²) in [6.07, 6.45) is 0.240. The maximum absolute atomic E-state index is 9.99. The van der Waals surface area contributed by atoms with Crippen molar-refractivity contribution in [3.8, 4) is 0 Å². The summed E-state index contributed by atoms with van der Waals surface area (Å²) >= 11 is 0. The van der Waals surface area contributed by atoms with Crippen LogP contribution in [0.2, 0.25) is 0 Å². The molecule has 0 aliphatic heterocycles. The number of carboxylic acids is 1. The largest absolute Gasteiger partial charge is 0.481 e. The van der Waals surface area contributed by atoms with E-state index in [0.717, 1.165) is 6.54 Å². The van der Waals surface area contributed by atoms with Crippen molar-refractivity contribution in [3.05, 3.63) is 0 Å².